The summed E-state index contributed by atoms with van der Waals surface area (Å²) >= 11 is 0. The van der Waals surface area contributed by atoms with Crippen molar-refractivity contribution >= 4 is 0 Å². The van der Waals surface area contributed by atoms with Crippen LogP contribution in [0.15, 0.2) is 0 Å². The van der Waals surface area contributed by atoms with Crippen molar-refractivity contribution in [1.29, 1.82) is 0 Å². The van der Waals surface area contributed by atoms with E-state index < -0.39 is 18.6 Å². The standard InChI is InChI=1S/C9H18F3NO2/c1-7(5-9(10,11)12)13-8(3-4-14)6-15-2/h7-8,13-14H,3-6H2,1-2H3. The van der Waals surface area contributed by atoms with Crippen LogP contribution in [0.25, 0.3) is 0 Å². The zero-order chi connectivity index (χ0) is 11.9. The van der Waals surface area contributed by atoms with Crippen molar-refractivity contribution in [3.05, 3.63) is 0 Å². The Balaban J connectivity index is 3.93. The average Bonchev–Trinajstić information content (AvgIpc) is 2.00. The van der Waals surface area contributed by atoms with Gasteiger partial charge in [-0.25, -0.2) is 0 Å². The van der Waals surface area contributed by atoms with Crippen molar-refractivity contribution in [3.63, 3.8) is 0 Å². The molecule has 2 unspecified atom stereocenters. The van der Waals surface area contributed by atoms with E-state index in [1.54, 1.807) is 0 Å². The van der Waals surface area contributed by atoms with E-state index in [2.05, 4.69) is 5.32 Å². The third-order valence-electron chi connectivity index (χ3n) is 1.90. The molecule has 0 aromatic carbocycles. The van der Waals surface area contributed by atoms with Crippen LogP contribution >= 0.6 is 0 Å². The highest BCUT2D eigenvalue weighted by Crippen LogP contribution is 2.21. The molecular formula is C9H18F3NO2. The Morgan fingerprint density at radius 2 is 2.00 bits per heavy atom. The number of nitrogens with one attached hydrogen (secondary N) is 1. The van der Waals surface area contributed by atoms with Crippen LogP contribution in [-0.4, -0.2) is 43.7 Å². The van der Waals surface area contributed by atoms with E-state index in [0.717, 1.165) is 0 Å². The van der Waals surface area contributed by atoms with Crippen LogP contribution in [0, 0.1) is 0 Å². The van der Waals surface area contributed by atoms with Gasteiger partial charge in [-0.1, -0.05) is 0 Å². The highest BCUT2D eigenvalue weighted by molar-refractivity contribution is 4.73. The van der Waals surface area contributed by atoms with Gasteiger partial charge >= 0.3 is 6.18 Å². The molecule has 0 spiro atoms. The molecule has 0 bridgehead atoms. The Bertz CT molecular complexity index is 158. The number of aliphatic hydroxyl groups excluding tert-OH is 1. The lowest BCUT2D eigenvalue weighted by Gasteiger charge is -2.22. The van der Waals surface area contributed by atoms with E-state index in [1.807, 2.05) is 0 Å². The minimum absolute atomic E-state index is 0.0697. The molecule has 0 saturated heterocycles. The SMILES string of the molecule is COCC(CCO)NC(C)CC(F)(F)F. The number of rotatable bonds is 7. The van der Waals surface area contributed by atoms with E-state index in [4.69, 9.17) is 9.84 Å². The molecule has 92 valence electrons. The van der Waals surface area contributed by atoms with Gasteiger partial charge in [0, 0.05) is 25.8 Å². The summed E-state index contributed by atoms with van der Waals surface area (Å²) in [5.41, 5.74) is 0. The molecule has 0 aromatic rings. The van der Waals surface area contributed by atoms with E-state index in [1.165, 1.54) is 14.0 Å². The van der Waals surface area contributed by atoms with Crippen LogP contribution in [-0.2, 0) is 4.74 Å². The predicted molar refractivity (Wildman–Crippen MR) is 50.6 cm³/mol. The number of alkyl halides is 3. The first-order chi connectivity index (χ1) is 6.89. The fourth-order valence-electron chi connectivity index (χ4n) is 1.38. The summed E-state index contributed by atoms with van der Waals surface area (Å²) in [6.45, 7) is 1.69. The lowest BCUT2D eigenvalue weighted by atomic mass is 10.1. The Morgan fingerprint density at radius 1 is 1.40 bits per heavy atom. The number of aliphatic hydroxyl groups is 1. The second kappa shape index (κ2) is 7.03. The summed E-state index contributed by atoms with van der Waals surface area (Å²) in [5, 5.41) is 11.5. The topological polar surface area (TPSA) is 41.5 Å². The second-order valence-electron chi connectivity index (χ2n) is 3.55. The van der Waals surface area contributed by atoms with Crippen LogP contribution < -0.4 is 5.32 Å². The molecule has 0 aliphatic heterocycles. The van der Waals surface area contributed by atoms with Gasteiger partial charge in [-0.2, -0.15) is 13.2 Å². The highest BCUT2D eigenvalue weighted by Gasteiger charge is 2.30. The molecule has 0 fully saturated rings. The molecule has 0 aromatic heterocycles. The Hall–Kier alpha value is -0.330. The van der Waals surface area contributed by atoms with Gasteiger partial charge in [0.15, 0.2) is 0 Å². The van der Waals surface area contributed by atoms with Crippen molar-refractivity contribution in [2.75, 3.05) is 20.3 Å². The molecule has 0 heterocycles. The lowest BCUT2D eigenvalue weighted by Crippen LogP contribution is -2.42. The fourth-order valence-corrected chi connectivity index (χ4v) is 1.38. The van der Waals surface area contributed by atoms with Crippen molar-refractivity contribution < 1.29 is 23.0 Å². The lowest BCUT2D eigenvalue weighted by molar-refractivity contribution is -0.139. The third-order valence-corrected chi connectivity index (χ3v) is 1.90. The molecule has 0 saturated carbocycles. The molecule has 0 radical (unpaired) electrons. The van der Waals surface area contributed by atoms with E-state index in [-0.39, 0.29) is 12.6 Å². The first-order valence-corrected chi connectivity index (χ1v) is 4.81. The molecule has 2 N–H and O–H groups in total. The maximum atomic E-state index is 12.0. The number of methoxy groups -OCH3 is 1. The highest BCUT2D eigenvalue weighted by atomic mass is 19.4. The summed E-state index contributed by atoms with van der Waals surface area (Å²) < 4.78 is 40.9. The van der Waals surface area contributed by atoms with Crippen LogP contribution in [0.5, 0.6) is 0 Å². The maximum Gasteiger partial charge on any atom is 0.390 e. The zero-order valence-corrected chi connectivity index (χ0v) is 8.97. The van der Waals surface area contributed by atoms with E-state index >= 15 is 0 Å². The van der Waals surface area contributed by atoms with Crippen LogP contribution in [0.1, 0.15) is 19.8 Å². The normalized spacial score (nSPS) is 16.4. The summed E-state index contributed by atoms with van der Waals surface area (Å²) in [6.07, 6.45) is -4.65. The largest absolute Gasteiger partial charge is 0.396 e. The smallest absolute Gasteiger partial charge is 0.390 e. The zero-order valence-electron chi connectivity index (χ0n) is 8.97. The first kappa shape index (κ1) is 14.7. The van der Waals surface area contributed by atoms with E-state index in [0.29, 0.717) is 13.0 Å². The quantitative estimate of drug-likeness (QED) is 0.691. The molecular weight excluding hydrogens is 211 g/mol. The summed E-state index contributed by atoms with van der Waals surface area (Å²) in [5.74, 6) is 0. The van der Waals surface area contributed by atoms with Gasteiger partial charge in [0.1, 0.15) is 0 Å². The van der Waals surface area contributed by atoms with Gasteiger partial charge in [-0.15, -0.1) is 0 Å². The molecule has 0 rings (SSSR count). The summed E-state index contributed by atoms with van der Waals surface area (Å²) in [7, 11) is 1.47. The molecule has 3 nitrogen and oxygen atoms in total. The molecule has 2 atom stereocenters. The van der Waals surface area contributed by atoms with Gasteiger partial charge in [-0.3, -0.25) is 0 Å². The number of hydrogen-bond acceptors (Lipinski definition) is 3. The fraction of sp³-hybridized carbons (Fsp3) is 1.00. The van der Waals surface area contributed by atoms with Gasteiger partial charge in [0.2, 0.25) is 0 Å². The number of hydrogen-bond donors (Lipinski definition) is 2. The van der Waals surface area contributed by atoms with Crippen molar-refractivity contribution in [2.24, 2.45) is 0 Å². The molecule has 15 heavy (non-hydrogen) atoms. The Labute approximate surface area is 87.6 Å². The van der Waals surface area contributed by atoms with Gasteiger partial charge < -0.3 is 15.2 Å². The summed E-state index contributed by atoms with van der Waals surface area (Å²) in [4.78, 5) is 0. The van der Waals surface area contributed by atoms with Crippen LogP contribution in [0.4, 0.5) is 13.2 Å². The monoisotopic (exact) mass is 229 g/mol. The van der Waals surface area contributed by atoms with Gasteiger partial charge in [0.25, 0.3) is 0 Å². The van der Waals surface area contributed by atoms with Crippen molar-refractivity contribution in [2.45, 2.75) is 38.0 Å². The average molecular weight is 229 g/mol. The van der Waals surface area contributed by atoms with Crippen molar-refractivity contribution in [1.82, 2.24) is 5.32 Å². The maximum absolute atomic E-state index is 12.0. The second-order valence-corrected chi connectivity index (χ2v) is 3.55. The Kier molecular flexibility index (Phi) is 6.87. The number of ether oxygens (including phenoxy) is 1. The molecule has 0 aliphatic rings. The van der Waals surface area contributed by atoms with E-state index in [9.17, 15) is 13.2 Å². The molecule has 0 amide bonds. The predicted octanol–water partition coefficient (Wildman–Crippen LogP) is 1.31. The van der Waals surface area contributed by atoms with Crippen LogP contribution in [0.3, 0.4) is 0 Å². The van der Waals surface area contributed by atoms with Gasteiger partial charge in [-0.05, 0) is 13.3 Å². The third kappa shape index (κ3) is 8.65. The molecule has 6 heteroatoms. The van der Waals surface area contributed by atoms with Crippen molar-refractivity contribution in [3.8, 4) is 0 Å². The number of halogens is 3. The minimum Gasteiger partial charge on any atom is -0.396 e. The van der Waals surface area contributed by atoms with Crippen LogP contribution in [0.2, 0.25) is 0 Å². The molecule has 0 aliphatic carbocycles. The van der Waals surface area contributed by atoms with Gasteiger partial charge in [0.05, 0.1) is 13.0 Å². The first-order valence-electron chi connectivity index (χ1n) is 4.81. The minimum atomic E-state index is -4.16. The Morgan fingerprint density at radius 3 is 2.40 bits per heavy atom. The summed E-state index contributed by atoms with van der Waals surface area (Å²) in [6, 6.07) is -0.908.